The Balaban J connectivity index is 1.44. The number of likely N-dealkylation sites (tertiary alicyclic amines) is 2. The van der Waals surface area contributed by atoms with Gasteiger partial charge in [-0.25, -0.2) is 0 Å². The minimum atomic E-state index is 0.236. The third-order valence-corrected chi connectivity index (χ3v) is 11.9. The number of nitrogens with one attached hydrogen (secondary N) is 2. The van der Waals surface area contributed by atoms with E-state index in [0.717, 1.165) is 34.9 Å². The molecule has 8 heteroatoms. The van der Waals surface area contributed by atoms with Crippen LogP contribution < -0.4 is 10.6 Å². The van der Waals surface area contributed by atoms with Crippen LogP contribution in [0.3, 0.4) is 0 Å². The highest BCUT2D eigenvalue weighted by Gasteiger charge is 2.53. The van der Waals surface area contributed by atoms with Gasteiger partial charge < -0.3 is 19.6 Å². The van der Waals surface area contributed by atoms with E-state index in [9.17, 15) is 0 Å². The third-order valence-electron chi connectivity index (χ3n) is 11.7. The number of halogens is 1. The Morgan fingerprint density at radius 1 is 0.590 bits per heavy atom. The first-order valence-corrected chi connectivity index (χ1v) is 16.0. The standard InChI is InChI=1S/C31H60ClN7/c1-28(2)17-15-18-29(3,4)38(28,9)23-13-11-21-33-26-35-25(32)36-27(37-26)34-22-12-14-24-39(10)30(5,6)19-16-20-31(39,7)8/h11-24H2,1-10H3,(H2,33,34,35,36,37)/q+2. The number of unbranched alkanes of at least 4 members (excludes halogenated alkanes) is 2. The van der Waals surface area contributed by atoms with Crippen molar-refractivity contribution in [1.82, 2.24) is 15.0 Å². The molecule has 0 aromatic carbocycles. The highest BCUT2D eigenvalue weighted by atomic mass is 35.5. The number of rotatable bonds is 12. The van der Waals surface area contributed by atoms with Crippen LogP contribution in [-0.4, -0.2) is 86.3 Å². The van der Waals surface area contributed by atoms with Crippen LogP contribution in [0.4, 0.5) is 11.9 Å². The number of quaternary nitrogens is 2. The zero-order valence-electron chi connectivity index (χ0n) is 27.0. The summed E-state index contributed by atoms with van der Waals surface area (Å²) < 4.78 is 2.28. The second-order valence-electron chi connectivity index (χ2n) is 15.3. The molecule has 0 bridgehead atoms. The maximum absolute atomic E-state index is 6.25. The molecule has 0 radical (unpaired) electrons. The van der Waals surface area contributed by atoms with Crippen molar-refractivity contribution in [1.29, 1.82) is 0 Å². The predicted octanol–water partition coefficient (Wildman–Crippen LogP) is 7.28. The first-order chi connectivity index (χ1) is 18.0. The van der Waals surface area contributed by atoms with Gasteiger partial charge in [-0.15, -0.1) is 0 Å². The first-order valence-electron chi connectivity index (χ1n) is 15.6. The van der Waals surface area contributed by atoms with Gasteiger partial charge in [-0.1, -0.05) is 0 Å². The fourth-order valence-electron chi connectivity index (χ4n) is 7.76. The molecule has 0 atom stereocenters. The Morgan fingerprint density at radius 3 is 1.26 bits per heavy atom. The average Bonchev–Trinajstić information content (AvgIpc) is 2.80. The largest absolute Gasteiger partial charge is 0.354 e. The van der Waals surface area contributed by atoms with Crippen molar-refractivity contribution in [2.45, 2.75) is 142 Å². The van der Waals surface area contributed by atoms with Crippen LogP contribution in [0.15, 0.2) is 0 Å². The lowest BCUT2D eigenvalue weighted by molar-refractivity contribution is -1.00. The zero-order chi connectivity index (χ0) is 29.2. The van der Waals surface area contributed by atoms with Crippen LogP contribution >= 0.6 is 11.6 Å². The van der Waals surface area contributed by atoms with Crippen LogP contribution in [0.2, 0.25) is 5.28 Å². The maximum Gasteiger partial charge on any atom is 0.228 e. The highest BCUT2D eigenvalue weighted by molar-refractivity contribution is 6.28. The van der Waals surface area contributed by atoms with E-state index in [1.165, 1.54) is 64.5 Å². The van der Waals surface area contributed by atoms with Gasteiger partial charge in [0.25, 0.3) is 0 Å². The molecule has 3 heterocycles. The molecule has 3 rings (SSSR count). The van der Waals surface area contributed by atoms with Gasteiger partial charge in [-0.2, -0.15) is 15.0 Å². The smallest absolute Gasteiger partial charge is 0.228 e. The molecule has 2 saturated heterocycles. The summed E-state index contributed by atoms with van der Waals surface area (Å²) in [6.07, 6.45) is 12.4. The molecule has 39 heavy (non-hydrogen) atoms. The third kappa shape index (κ3) is 6.83. The quantitative estimate of drug-likeness (QED) is 0.206. The summed E-state index contributed by atoms with van der Waals surface area (Å²) in [4.78, 5) is 13.2. The second-order valence-corrected chi connectivity index (χ2v) is 15.6. The molecule has 0 amide bonds. The summed E-state index contributed by atoms with van der Waals surface area (Å²) in [6, 6.07) is 0. The number of piperidine rings is 2. The summed E-state index contributed by atoms with van der Waals surface area (Å²) in [5.74, 6) is 1.12. The van der Waals surface area contributed by atoms with E-state index < -0.39 is 0 Å². The molecule has 224 valence electrons. The Bertz CT molecular complexity index is 852. The van der Waals surface area contributed by atoms with Crippen molar-refractivity contribution in [3.05, 3.63) is 5.28 Å². The van der Waals surface area contributed by atoms with Gasteiger partial charge in [-0.3, -0.25) is 0 Å². The number of anilines is 2. The summed E-state index contributed by atoms with van der Waals surface area (Å²) in [5, 5.41) is 7.01. The molecule has 7 nitrogen and oxygen atoms in total. The van der Waals surface area contributed by atoms with Gasteiger partial charge in [0.1, 0.15) is 0 Å². The average molecular weight is 566 g/mol. The van der Waals surface area contributed by atoms with Gasteiger partial charge >= 0.3 is 0 Å². The van der Waals surface area contributed by atoms with E-state index in [0.29, 0.717) is 34.1 Å². The summed E-state index contributed by atoms with van der Waals surface area (Å²) in [7, 11) is 4.93. The lowest BCUT2D eigenvalue weighted by atomic mass is 9.76. The summed E-state index contributed by atoms with van der Waals surface area (Å²) in [5.41, 5.74) is 1.27. The van der Waals surface area contributed by atoms with E-state index in [1.54, 1.807) is 0 Å². The van der Waals surface area contributed by atoms with Crippen molar-refractivity contribution >= 4 is 23.5 Å². The van der Waals surface area contributed by atoms with E-state index >= 15 is 0 Å². The van der Waals surface area contributed by atoms with E-state index in [2.05, 4.69) is 95.1 Å². The second kappa shape index (κ2) is 12.0. The number of aromatic nitrogens is 3. The van der Waals surface area contributed by atoms with Gasteiger partial charge in [-0.05, 0) is 106 Å². The molecule has 2 fully saturated rings. The number of nitrogens with zero attached hydrogens (tertiary/aromatic N) is 5. The fourth-order valence-corrected chi connectivity index (χ4v) is 7.92. The molecular formula is C31H60ClN7+2. The van der Waals surface area contributed by atoms with E-state index in [4.69, 9.17) is 11.6 Å². The number of hydrogen-bond donors (Lipinski definition) is 2. The molecule has 0 saturated carbocycles. The van der Waals surface area contributed by atoms with Crippen molar-refractivity contribution in [3.63, 3.8) is 0 Å². The Morgan fingerprint density at radius 2 is 0.923 bits per heavy atom. The maximum atomic E-state index is 6.25. The lowest BCUT2D eigenvalue weighted by Crippen LogP contribution is -2.71. The molecule has 0 unspecified atom stereocenters. The van der Waals surface area contributed by atoms with Crippen LogP contribution in [0, 0.1) is 0 Å². The Labute approximate surface area is 245 Å². The topological polar surface area (TPSA) is 62.7 Å². The minimum absolute atomic E-state index is 0.236. The molecule has 1 aromatic rings. The molecule has 0 spiro atoms. The SMILES string of the molecule is CC1(C)CCCC(C)(C)[N+]1(C)CCCCNc1nc(Cl)nc(NCCCC[N+]2(C)C(C)(C)CCCC2(C)C)n1. The van der Waals surface area contributed by atoms with Gasteiger partial charge in [0.05, 0.1) is 49.3 Å². The van der Waals surface area contributed by atoms with Crippen LogP contribution in [0.5, 0.6) is 0 Å². The number of hydrogen-bond acceptors (Lipinski definition) is 5. The Hall–Kier alpha value is -1.18. The minimum Gasteiger partial charge on any atom is -0.354 e. The normalized spacial score (nSPS) is 24.2. The summed E-state index contributed by atoms with van der Waals surface area (Å²) in [6.45, 7) is 23.6. The van der Waals surface area contributed by atoms with Crippen LogP contribution in [0.1, 0.15) is 120 Å². The van der Waals surface area contributed by atoms with Crippen LogP contribution in [0.25, 0.3) is 0 Å². The van der Waals surface area contributed by atoms with Crippen molar-refractivity contribution in [2.24, 2.45) is 0 Å². The highest BCUT2D eigenvalue weighted by Crippen LogP contribution is 2.45. The van der Waals surface area contributed by atoms with Crippen molar-refractivity contribution in [2.75, 3.05) is 50.9 Å². The van der Waals surface area contributed by atoms with Gasteiger partial charge in [0, 0.05) is 38.8 Å². The summed E-state index contributed by atoms with van der Waals surface area (Å²) >= 11 is 6.25. The predicted molar refractivity (Wildman–Crippen MR) is 166 cm³/mol. The van der Waals surface area contributed by atoms with Gasteiger partial charge in [0.2, 0.25) is 17.2 Å². The lowest BCUT2D eigenvalue weighted by Gasteiger charge is -2.60. The monoisotopic (exact) mass is 565 g/mol. The fraction of sp³-hybridized carbons (Fsp3) is 0.903. The van der Waals surface area contributed by atoms with E-state index in [-0.39, 0.29) is 5.28 Å². The molecule has 1 aromatic heterocycles. The van der Waals surface area contributed by atoms with Crippen LogP contribution in [-0.2, 0) is 0 Å². The van der Waals surface area contributed by atoms with Crippen molar-refractivity contribution in [3.8, 4) is 0 Å². The molecular weight excluding hydrogens is 506 g/mol. The molecule has 0 aliphatic carbocycles. The zero-order valence-corrected chi connectivity index (χ0v) is 27.8. The van der Waals surface area contributed by atoms with E-state index in [1.807, 2.05) is 0 Å². The van der Waals surface area contributed by atoms with Crippen molar-refractivity contribution < 1.29 is 8.97 Å². The van der Waals surface area contributed by atoms with Gasteiger partial charge in [0.15, 0.2) is 0 Å². The first kappa shape index (κ1) is 32.3. The molecule has 2 aliphatic rings. The Kier molecular flexibility index (Phi) is 9.93. The molecule has 2 aliphatic heterocycles. The molecule has 2 N–H and O–H groups in total.